The van der Waals surface area contributed by atoms with E-state index in [2.05, 4.69) is 58.8 Å². The summed E-state index contributed by atoms with van der Waals surface area (Å²) in [6.45, 7) is 11.8. The number of thiophene rings is 1. The van der Waals surface area contributed by atoms with Crippen LogP contribution in [0.15, 0.2) is 22.5 Å². The Balaban J connectivity index is 2.21. The number of nitrogens with one attached hydrogen (secondary N) is 2. The Morgan fingerprint density at radius 2 is 2.10 bits per heavy atom. The highest BCUT2D eigenvalue weighted by molar-refractivity contribution is 7.09. The van der Waals surface area contributed by atoms with E-state index in [0.29, 0.717) is 5.92 Å². The van der Waals surface area contributed by atoms with E-state index in [1.165, 1.54) is 4.88 Å². The first-order valence-electron chi connectivity index (χ1n) is 7.88. The number of guanidine groups is 1. The summed E-state index contributed by atoms with van der Waals surface area (Å²) in [7, 11) is 1.83. The number of hydrogen-bond acceptors (Lipinski definition) is 3. The second-order valence-corrected chi connectivity index (χ2v) is 6.33. The second kappa shape index (κ2) is 10.6. The van der Waals surface area contributed by atoms with Crippen LogP contribution in [0.2, 0.25) is 0 Å². The molecule has 0 aliphatic heterocycles. The Bertz CT molecular complexity index is 385. The summed E-state index contributed by atoms with van der Waals surface area (Å²) in [5, 5.41) is 8.94. The van der Waals surface area contributed by atoms with Crippen molar-refractivity contribution in [1.82, 2.24) is 15.5 Å². The van der Waals surface area contributed by atoms with Gasteiger partial charge in [-0.15, -0.1) is 11.3 Å². The summed E-state index contributed by atoms with van der Waals surface area (Å²) < 4.78 is 0. The van der Waals surface area contributed by atoms with Crippen LogP contribution in [0.4, 0.5) is 0 Å². The largest absolute Gasteiger partial charge is 0.356 e. The van der Waals surface area contributed by atoms with Crippen molar-refractivity contribution in [3.05, 3.63) is 22.4 Å². The molecular formula is C16H30N4S. The van der Waals surface area contributed by atoms with Gasteiger partial charge in [0, 0.05) is 31.6 Å². The predicted octanol–water partition coefficient (Wildman–Crippen LogP) is 2.43. The van der Waals surface area contributed by atoms with Gasteiger partial charge in [-0.05, 0) is 36.9 Å². The van der Waals surface area contributed by atoms with E-state index in [-0.39, 0.29) is 0 Å². The first-order chi connectivity index (χ1) is 10.2. The zero-order chi connectivity index (χ0) is 15.5. The maximum atomic E-state index is 4.28. The topological polar surface area (TPSA) is 39.7 Å². The highest BCUT2D eigenvalue weighted by Gasteiger charge is 2.06. The molecule has 0 aliphatic carbocycles. The number of rotatable bonds is 9. The third-order valence-electron chi connectivity index (χ3n) is 3.59. The molecule has 0 amide bonds. The van der Waals surface area contributed by atoms with Gasteiger partial charge < -0.3 is 15.5 Å². The van der Waals surface area contributed by atoms with Gasteiger partial charge in [-0.2, -0.15) is 0 Å². The molecule has 1 heterocycles. The van der Waals surface area contributed by atoms with E-state index in [1.807, 2.05) is 18.4 Å². The van der Waals surface area contributed by atoms with Gasteiger partial charge in [-0.3, -0.25) is 4.99 Å². The predicted molar refractivity (Wildman–Crippen MR) is 94.3 cm³/mol. The minimum atomic E-state index is 0.602. The van der Waals surface area contributed by atoms with Gasteiger partial charge in [0.2, 0.25) is 0 Å². The summed E-state index contributed by atoms with van der Waals surface area (Å²) in [6, 6.07) is 4.33. The third-order valence-corrected chi connectivity index (χ3v) is 4.48. The first kappa shape index (κ1) is 18.0. The van der Waals surface area contributed by atoms with Crippen molar-refractivity contribution < 1.29 is 0 Å². The van der Waals surface area contributed by atoms with Crippen LogP contribution in [0.3, 0.4) is 0 Å². The molecule has 5 heteroatoms. The number of aliphatic imine (C=N–C) groups is 1. The Kier molecular flexibility index (Phi) is 9.10. The lowest BCUT2D eigenvalue weighted by Crippen LogP contribution is -2.43. The molecule has 0 radical (unpaired) electrons. The van der Waals surface area contributed by atoms with E-state index in [9.17, 15) is 0 Å². The van der Waals surface area contributed by atoms with Crippen molar-refractivity contribution in [1.29, 1.82) is 0 Å². The summed E-state index contributed by atoms with van der Waals surface area (Å²) in [4.78, 5) is 8.14. The Morgan fingerprint density at radius 1 is 1.33 bits per heavy atom. The molecule has 0 aromatic carbocycles. The van der Waals surface area contributed by atoms with Crippen molar-refractivity contribution in [3.63, 3.8) is 0 Å². The third kappa shape index (κ3) is 7.48. The average Bonchev–Trinajstić information content (AvgIpc) is 2.99. The zero-order valence-electron chi connectivity index (χ0n) is 13.9. The van der Waals surface area contributed by atoms with Gasteiger partial charge in [0.15, 0.2) is 5.96 Å². The minimum absolute atomic E-state index is 0.602. The molecule has 1 aromatic rings. The number of likely N-dealkylation sites (N-methyl/N-ethyl adjacent to an activating group) is 1. The highest BCUT2D eigenvalue weighted by atomic mass is 32.1. The maximum Gasteiger partial charge on any atom is 0.191 e. The van der Waals surface area contributed by atoms with Crippen LogP contribution >= 0.6 is 11.3 Å². The number of nitrogens with zero attached hydrogens (tertiary/aromatic N) is 2. The second-order valence-electron chi connectivity index (χ2n) is 5.30. The minimum Gasteiger partial charge on any atom is -0.356 e. The molecule has 1 unspecified atom stereocenters. The molecule has 120 valence electrons. The van der Waals surface area contributed by atoms with Gasteiger partial charge in [0.1, 0.15) is 0 Å². The van der Waals surface area contributed by atoms with Gasteiger partial charge in [-0.1, -0.05) is 26.8 Å². The fraction of sp³-hybridized carbons (Fsp3) is 0.688. The van der Waals surface area contributed by atoms with Crippen LogP contribution in [0.1, 0.15) is 25.6 Å². The Hall–Kier alpha value is -1.07. The van der Waals surface area contributed by atoms with Gasteiger partial charge in [-0.25, -0.2) is 0 Å². The fourth-order valence-electron chi connectivity index (χ4n) is 2.21. The summed E-state index contributed by atoms with van der Waals surface area (Å²) in [5.74, 6) is 1.50. The van der Waals surface area contributed by atoms with Gasteiger partial charge in [0.25, 0.3) is 0 Å². The van der Waals surface area contributed by atoms with Crippen LogP contribution < -0.4 is 10.6 Å². The molecule has 2 N–H and O–H groups in total. The van der Waals surface area contributed by atoms with Crippen LogP contribution in [0, 0.1) is 5.92 Å². The molecule has 0 bridgehead atoms. The zero-order valence-corrected chi connectivity index (χ0v) is 14.7. The molecule has 1 aromatic heterocycles. The van der Waals surface area contributed by atoms with Crippen LogP contribution in [-0.4, -0.2) is 50.6 Å². The molecule has 0 spiro atoms. The lowest BCUT2D eigenvalue weighted by molar-refractivity contribution is 0.308. The summed E-state index contributed by atoms with van der Waals surface area (Å²) in [6.07, 6.45) is 1.13. The quantitative estimate of drug-likeness (QED) is 0.543. The highest BCUT2D eigenvalue weighted by Crippen LogP contribution is 2.13. The molecule has 4 nitrogen and oxygen atoms in total. The van der Waals surface area contributed by atoms with E-state index in [0.717, 1.165) is 45.1 Å². The molecule has 1 atom stereocenters. The van der Waals surface area contributed by atoms with Gasteiger partial charge in [0.05, 0.1) is 0 Å². The SMILES string of the molecule is CCN(CC)CCNC(=NC)NCC(C)Cc1cccs1. The first-order valence-corrected chi connectivity index (χ1v) is 8.76. The van der Waals surface area contributed by atoms with Crippen molar-refractivity contribution >= 4 is 17.3 Å². The van der Waals surface area contributed by atoms with Crippen LogP contribution in [-0.2, 0) is 6.42 Å². The van der Waals surface area contributed by atoms with Crippen LogP contribution in [0.25, 0.3) is 0 Å². The Morgan fingerprint density at radius 3 is 2.67 bits per heavy atom. The van der Waals surface area contributed by atoms with Crippen LogP contribution in [0.5, 0.6) is 0 Å². The molecular weight excluding hydrogens is 280 g/mol. The lowest BCUT2D eigenvalue weighted by Gasteiger charge is -2.20. The molecule has 0 saturated carbocycles. The van der Waals surface area contributed by atoms with Crippen molar-refractivity contribution in [2.24, 2.45) is 10.9 Å². The monoisotopic (exact) mass is 310 g/mol. The van der Waals surface area contributed by atoms with E-state index in [4.69, 9.17) is 0 Å². The lowest BCUT2D eigenvalue weighted by atomic mass is 10.1. The number of hydrogen-bond donors (Lipinski definition) is 2. The van der Waals surface area contributed by atoms with Crippen molar-refractivity contribution in [2.75, 3.05) is 39.8 Å². The molecule has 0 saturated heterocycles. The normalized spacial score (nSPS) is 13.5. The van der Waals surface area contributed by atoms with Crippen molar-refractivity contribution in [3.8, 4) is 0 Å². The average molecular weight is 311 g/mol. The summed E-state index contributed by atoms with van der Waals surface area (Å²) in [5.41, 5.74) is 0. The maximum absolute atomic E-state index is 4.28. The molecule has 0 aliphatic rings. The summed E-state index contributed by atoms with van der Waals surface area (Å²) >= 11 is 1.83. The molecule has 21 heavy (non-hydrogen) atoms. The smallest absolute Gasteiger partial charge is 0.191 e. The fourth-order valence-corrected chi connectivity index (χ4v) is 3.08. The van der Waals surface area contributed by atoms with E-state index >= 15 is 0 Å². The van der Waals surface area contributed by atoms with Gasteiger partial charge >= 0.3 is 0 Å². The standard InChI is InChI=1S/C16H30N4S/c1-5-20(6-2)10-9-18-16(17-4)19-13-14(3)12-15-8-7-11-21-15/h7-8,11,14H,5-6,9-10,12-13H2,1-4H3,(H2,17,18,19). The molecule has 1 rings (SSSR count). The van der Waals surface area contributed by atoms with E-state index in [1.54, 1.807) is 0 Å². The van der Waals surface area contributed by atoms with E-state index < -0.39 is 0 Å². The van der Waals surface area contributed by atoms with Crippen molar-refractivity contribution in [2.45, 2.75) is 27.2 Å². The Labute approximate surface area is 133 Å². The molecule has 0 fully saturated rings.